The van der Waals surface area contributed by atoms with Gasteiger partial charge in [0.2, 0.25) is 0 Å². The van der Waals surface area contributed by atoms with E-state index in [-0.39, 0.29) is 24.1 Å². The molecule has 0 aromatic heterocycles. The normalized spacial score (nSPS) is 22.8. The Balaban J connectivity index is 1.80. The Bertz CT molecular complexity index is 742. The first-order valence-electron chi connectivity index (χ1n) is 8.56. The smallest absolute Gasteiger partial charge is 0.411 e. The minimum atomic E-state index is -1.46. The molecule has 2 aliphatic heterocycles. The number of hydrogen-bond donors (Lipinski definition) is 0. The number of ether oxygens (including phenoxy) is 2. The summed E-state index contributed by atoms with van der Waals surface area (Å²) in [7, 11) is 0. The molecular weight excluding hydrogens is 347 g/mol. The molecule has 0 aliphatic carbocycles. The van der Waals surface area contributed by atoms with E-state index in [1.165, 1.54) is 6.07 Å². The van der Waals surface area contributed by atoms with Crippen molar-refractivity contribution < 1.29 is 27.4 Å². The highest BCUT2D eigenvalue weighted by Gasteiger charge is 2.40. The van der Waals surface area contributed by atoms with Crippen LogP contribution in [0.1, 0.15) is 32.8 Å². The van der Waals surface area contributed by atoms with E-state index >= 15 is 0 Å². The second-order valence-electron chi connectivity index (χ2n) is 7.69. The molecule has 0 N–H and O–H groups in total. The van der Waals surface area contributed by atoms with Crippen LogP contribution < -0.4 is 0 Å². The van der Waals surface area contributed by atoms with Crippen LogP contribution in [0.2, 0.25) is 0 Å². The van der Waals surface area contributed by atoms with E-state index in [4.69, 9.17) is 9.47 Å². The summed E-state index contributed by atoms with van der Waals surface area (Å²) in [5, 5.41) is 0. The topological polar surface area (TPSA) is 38.8 Å². The average Bonchev–Trinajstić information content (AvgIpc) is 2.53. The maximum atomic E-state index is 13.9. The minimum Gasteiger partial charge on any atom is -0.444 e. The molecule has 2 heterocycles. The molecular formula is C19H22F3NO3. The predicted octanol–water partition coefficient (Wildman–Crippen LogP) is 3.98. The van der Waals surface area contributed by atoms with Crippen LogP contribution in [0.25, 0.3) is 0 Å². The zero-order chi connectivity index (χ0) is 19.1. The highest BCUT2D eigenvalue weighted by Crippen LogP contribution is 2.31. The largest absolute Gasteiger partial charge is 0.444 e. The second-order valence-corrected chi connectivity index (χ2v) is 7.69. The number of carbonyl (C=O) groups is 1. The second kappa shape index (κ2) is 6.95. The fourth-order valence-corrected chi connectivity index (χ4v) is 3.36. The molecule has 1 aromatic rings. The van der Waals surface area contributed by atoms with Gasteiger partial charge in [-0.25, -0.2) is 18.0 Å². The number of fused-ring (bicyclic) bond motifs is 2. The molecule has 1 saturated heterocycles. The van der Waals surface area contributed by atoms with E-state index in [0.29, 0.717) is 19.6 Å². The van der Waals surface area contributed by atoms with Gasteiger partial charge in [-0.2, -0.15) is 0 Å². The zero-order valence-electron chi connectivity index (χ0n) is 15.0. The number of rotatable bonds is 2. The van der Waals surface area contributed by atoms with Gasteiger partial charge in [0, 0.05) is 0 Å². The molecule has 3 rings (SSSR count). The average molecular weight is 369 g/mol. The van der Waals surface area contributed by atoms with Crippen LogP contribution in [-0.4, -0.2) is 41.9 Å². The van der Waals surface area contributed by atoms with E-state index < -0.39 is 29.1 Å². The number of morpholine rings is 1. The van der Waals surface area contributed by atoms with Crippen molar-refractivity contribution in [2.75, 3.05) is 13.2 Å². The first-order valence-corrected chi connectivity index (χ1v) is 8.56. The molecule has 1 fully saturated rings. The third-order valence-corrected chi connectivity index (χ3v) is 4.41. The number of hydrogen-bond acceptors (Lipinski definition) is 3. The molecule has 1 aromatic carbocycles. The van der Waals surface area contributed by atoms with Crippen molar-refractivity contribution >= 4 is 6.09 Å². The summed E-state index contributed by atoms with van der Waals surface area (Å²) in [6.45, 7) is 6.07. The zero-order valence-corrected chi connectivity index (χ0v) is 15.0. The van der Waals surface area contributed by atoms with Gasteiger partial charge in [0.05, 0.1) is 25.3 Å². The van der Waals surface area contributed by atoms with Gasteiger partial charge in [-0.1, -0.05) is 17.7 Å². The van der Waals surface area contributed by atoms with Crippen LogP contribution in [0.4, 0.5) is 18.0 Å². The quantitative estimate of drug-likeness (QED) is 0.585. The molecule has 26 heavy (non-hydrogen) atoms. The van der Waals surface area contributed by atoms with Gasteiger partial charge in [0.1, 0.15) is 5.60 Å². The minimum absolute atomic E-state index is 0.0971. The van der Waals surface area contributed by atoms with E-state index in [1.807, 2.05) is 6.08 Å². The van der Waals surface area contributed by atoms with Crippen molar-refractivity contribution in [2.24, 2.45) is 0 Å². The molecule has 0 saturated carbocycles. The third kappa shape index (κ3) is 3.87. The van der Waals surface area contributed by atoms with Crippen LogP contribution >= 0.6 is 0 Å². The Morgan fingerprint density at radius 3 is 2.62 bits per heavy atom. The molecule has 7 heteroatoms. The summed E-state index contributed by atoms with van der Waals surface area (Å²) in [5.74, 6) is -3.83. The van der Waals surface area contributed by atoms with Crippen LogP contribution in [-0.2, 0) is 15.9 Å². The Labute approximate surface area is 150 Å². The monoisotopic (exact) mass is 369 g/mol. The lowest BCUT2D eigenvalue weighted by Crippen LogP contribution is -2.57. The van der Waals surface area contributed by atoms with Crippen LogP contribution in [0, 0.1) is 17.5 Å². The molecule has 142 valence electrons. The number of carbonyl (C=O) groups excluding carboxylic acids is 1. The lowest BCUT2D eigenvalue weighted by Gasteiger charge is -2.44. The van der Waals surface area contributed by atoms with Crippen LogP contribution in [0.3, 0.4) is 0 Å². The molecule has 4 nitrogen and oxygen atoms in total. The van der Waals surface area contributed by atoms with Gasteiger partial charge in [-0.3, -0.25) is 4.90 Å². The van der Waals surface area contributed by atoms with Gasteiger partial charge in [-0.05, 0) is 45.2 Å². The van der Waals surface area contributed by atoms with E-state index in [0.717, 1.165) is 11.6 Å². The highest BCUT2D eigenvalue weighted by molar-refractivity contribution is 5.70. The molecule has 2 aliphatic rings. The summed E-state index contributed by atoms with van der Waals surface area (Å²) >= 11 is 0. The summed E-state index contributed by atoms with van der Waals surface area (Å²) in [6, 6.07) is 1.63. The lowest BCUT2D eigenvalue weighted by atomic mass is 9.90. The standard InChI is InChI=1S/C19H22F3NO3/c1-19(2,3)26-18(24)23-13-7-11(8-14(23)10-25-9-13)6-12-4-5-15(20)17(22)16(12)21/h4-5,7,13-14H,6,8-10H2,1-3H3. The molecule has 2 atom stereocenters. The van der Waals surface area contributed by atoms with E-state index in [2.05, 4.69) is 0 Å². The van der Waals surface area contributed by atoms with Gasteiger partial charge in [0.15, 0.2) is 17.5 Å². The molecule has 0 radical (unpaired) electrons. The van der Waals surface area contributed by atoms with Crippen LogP contribution in [0.15, 0.2) is 23.8 Å². The Morgan fingerprint density at radius 2 is 1.96 bits per heavy atom. The summed E-state index contributed by atoms with van der Waals surface area (Å²) in [4.78, 5) is 14.1. The summed E-state index contributed by atoms with van der Waals surface area (Å²) < 4.78 is 51.5. The third-order valence-electron chi connectivity index (χ3n) is 4.41. The number of amides is 1. The van der Waals surface area contributed by atoms with E-state index in [9.17, 15) is 18.0 Å². The fourth-order valence-electron chi connectivity index (χ4n) is 3.36. The van der Waals surface area contributed by atoms with Crippen molar-refractivity contribution in [1.29, 1.82) is 0 Å². The Hall–Kier alpha value is -2.02. The Morgan fingerprint density at radius 1 is 1.23 bits per heavy atom. The highest BCUT2D eigenvalue weighted by atomic mass is 19.2. The van der Waals surface area contributed by atoms with Gasteiger partial charge >= 0.3 is 6.09 Å². The molecule has 0 spiro atoms. The maximum Gasteiger partial charge on any atom is 0.411 e. The maximum absolute atomic E-state index is 13.9. The first-order chi connectivity index (χ1) is 12.2. The van der Waals surface area contributed by atoms with Gasteiger partial charge < -0.3 is 9.47 Å². The lowest BCUT2D eigenvalue weighted by molar-refractivity contribution is -0.0536. The van der Waals surface area contributed by atoms with Crippen molar-refractivity contribution in [1.82, 2.24) is 4.90 Å². The number of benzene rings is 1. The van der Waals surface area contributed by atoms with Crippen molar-refractivity contribution in [3.63, 3.8) is 0 Å². The van der Waals surface area contributed by atoms with Gasteiger partial charge in [-0.15, -0.1) is 0 Å². The molecule has 1 amide bonds. The van der Waals surface area contributed by atoms with Gasteiger partial charge in [0.25, 0.3) is 0 Å². The number of halogens is 3. The SMILES string of the molecule is CC(C)(C)OC(=O)N1C2C=C(Cc3ccc(F)c(F)c3F)CC1COC2. The van der Waals surface area contributed by atoms with Crippen molar-refractivity contribution in [2.45, 2.75) is 51.3 Å². The first kappa shape index (κ1) is 18.8. The summed E-state index contributed by atoms with van der Waals surface area (Å²) in [5.41, 5.74) is 0.359. The molecule has 2 bridgehead atoms. The summed E-state index contributed by atoms with van der Waals surface area (Å²) in [6.07, 6.45) is 2.05. The number of nitrogens with zero attached hydrogens (tertiary/aromatic N) is 1. The van der Waals surface area contributed by atoms with E-state index in [1.54, 1.807) is 25.7 Å². The Kier molecular flexibility index (Phi) is 5.01. The van der Waals surface area contributed by atoms with Crippen molar-refractivity contribution in [3.8, 4) is 0 Å². The van der Waals surface area contributed by atoms with Crippen LogP contribution in [0.5, 0.6) is 0 Å². The fraction of sp³-hybridized carbons (Fsp3) is 0.526. The predicted molar refractivity (Wildman–Crippen MR) is 89.2 cm³/mol. The molecule has 2 unspecified atom stereocenters. The van der Waals surface area contributed by atoms with Crippen molar-refractivity contribution in [3.05, 3.63) is 46.8 Å².